The first kappa shape index (κ1) is 15.4. The van der Waals surface area contributed by atoms with Gasteiger partial charge < -0.3 is 5.32 Å². The summed E-state index contributed by atoms with van der Waals surface area (Å²) in [6.07, 6.45) is 3.17. The molecule has 0 saturated carbocycles. The van der Waals surface area contributed by atoms with Gasteiger partial charge in [0.1, 0.15) is 0 Å². The molecule has 0 aliphatic heterocycles. The van der Waals surface area contributed by atoms with E-state index in [0.29, 0.717) is 18.1 Å². The van der Waals surface area contributed by atoms with Gasteiger partial charge in [0.2, 0.25) is 5.91 Å². The molecule has 106 valence electrons. The van der Waals surface area contributed by atoms with Crippen LogP contribution in [-0.4, -0.2) is 26.8 Å². The molecule has 1 rings (SSSR count). The van der Waals surface area contributed by atoms with E-state index in [1.54, 1.807) is 4.68 Å². The second-order valence-electron chi connectivity index (χ2n) is 4.43. The van der Waals surface area contributed by atoms with E-state index < -0.39 is 0 Å². The van der Waals surface area contributed by atoms with Crippen molar-refractivity contribution < 1.29 is 4.79 Å². The fourth-order valence-corrected chi connectivity index (χ4v) is 1.61. The van der Waals surface area contributed by atoms with Gasteiger partial charge in [-0.2, -0.15) is 5.10 Å². The first-order valence-electron chi connectivity index (χ1n) is 6.36. The molecule has 1 atom stereocenters. The topological polar surface area (TPSA) is 71.0 Å². The third-order valence-electron chi connectivity index (χ3n) is 2.65. The molecule has 0 bridgehead atoms. The van der Waals surface area contributed by atoms with E-state index in [4.69, 9.17) is 12.2 Å². The normalized spacial score (nSPS) is 11.7. The number of aromatic nitrogens is 2. The number of hydrogen-bond donors (Lipinski definition) is 3. The van der Waals surface area contributed by atoms with Crippen molar-refractivity contribution in [3.8, 4) is 0 Å². The number of nitrogens with zero attached hydrogens (tertiary/aromatic N) is 2. The minimum absolute atomic E-state index is 0.124. The second kappa shape index (κ2) is 7.73. The van der Waals surface area contributed by atoms with Crippen LogP contribution >= 0.6 is 12.2 Å². The Morgan fingerprint density at radius 2 is 2.26 bits per heavy atom. The summed E-state index contributed by atoms with van der Waals surface area (Å²) < 4.78 is 1.74. The Kier molecular flexibility index (Phi) is 6.27. The van der Waals surface area contributed by atoms with Crippen molar-refractivity contribution in [2.45, 2.75) is 46.2 Å². The number of amides is 1. The zero-order chi connectivity index (χ0) is 14.3. The van der Waals surface area contributed by atoms with E-state index in [0.717, 1.165) is 12.1 Å². The molecular formula is C12H21N5OS. The van der Waals surface area contributed by atoms with Crippen LogP contribution in [0.25, 0.3) is 0 Å². The average Bonchev–Trinajstić information content (AvgIpc) is 2.79. The zero-order valence-corrected chi connectivity index (χ0v) is 12.4. The number of carbonyl (C=O) groups excluding carboxylic acids is 1. The van der Waals surface area contributed by atoms with E-state index >= 15 is 0 Å². The van der Waals surface area contributed by atoms with Crippen LogP contribution in [0, 0.1) is 6.92 Å². The predicted molar refractivity (Wildman–Crippen MR) is 78.3 cm³/mol. The van der Waals surface area contributed by atoms with Gasteiger partial charge in [0, 0.05) is 25.2 Å². The average molecular weight is 283 g/mol. The first-order chi connectivity index (χ1) is 9.01. The number of hydrazine groups is 1. The molecular weight excluding hydrogens is 262 g/mol. The van der Waals surface area contributed by atoms with Crippen molar-refractivity contribution in [1.82, 2.24) is 25.9 Å². The number of hydrogen-bond acceptors (Lipinski definition) is 3. The highest BCUT2D eigenvalue weighted by atomic mass is 32.1. The van der Waals surface area contributed by atoms with Crippen molar-refractivity contribution in [1.29, 1.82) is 0 Å². The fourth-order valence-electron chi connectivity index (χ4n) is 1.35. The van der Waals surface area contributed by atoms with Gasteiger partial charge in [-0.3, -0.25) is 20.3 Å². The highest BCUT2D eigenvalue weighted by Gasteiger charge is 2.04. The summed E-state index contributed by atoms with van der Waals surface area (Å²) in [6.45, 7) is 6.55. The van der Waals surface area contributed by atoms with Gasteiger partial charge in [-0.15, -0.1) is 0 Å². The molecule has 0 saturated heterocycles. The molecule has 1 aromatic rings. The van der Waals surface area contributed by atoms with Crippen LogP contribution in [0.15, 0.2) is 12.3 Å². The van der Waals surface area contributed by atoms with E-state index in [-0.39, 0.29) is 11.9 Å². The Morgan fingerprint density at radius 1 is 1.53 bits per heavy atom. The molecule has 19 heavy (non-hydrogen) atoms. The predicted octanol–water partition coefficient (Wildman–Crippen LogP) is 0.875. The quantitative estimate of drug-likeness (QED) is 0.553. The van der Waals surface area contributed by atoms with Gasteiger partial charge >= 0.3 is 0 Å². The summed E-state index contributed by atoms with van der Waals surface area (Å²) in [6, 6.07) is 2.19. The number of nitrogens with one attached hydrogen (secondary N) is 3. The second-order valence-corrected chi connectivity index (χ2v) is 4.83. The summed E-state index contributed by atoms with van der Waals surface area (Å²) in [7, 11) is 0. The number of rotatable bonds is 5. The molecule has 7 heteroatoms. The van der Waals surface area contributed by atoms with E-state index in [1.807, 2.05) is 26.1 Å². The first-order valence-corrected chi connectivity index (χ1v) is 6.77. The third kappa shape index (κ3) is 6.19. The molecule has 0 unspecified atom stereocenters. The van der Waals surface area contributed by atoms with E-state index in [9.17, 15) is 4.79 Å². The lowest BCUT2D eigenvalue weighted by molar-refractivity contribution is -0.121. The minimum Gasteiger partial charge on any atom is -0.359 e. The smallest absolute Gasteiger partial charge is 0.240 e. The van der Waals surface area contributed by atoms with Crippen LogP contribution in [0.5, 0.6) is 0 Å². The maximum atomic E-state index is 11.6. The summed E-state index contributed by atoms with van der Waals surface area (Å²) in [4.78, 5) is 11.6. The summed E-state index contributed by atoms with van der Waals surface area (Å²) in [5.41, 5.74) is 6.18. The summed E-state index contributed by atoms with van der Waals surface area (Å²) >= 11 is 5.04. The molecule has 0 fully saturated rings. The fraction of sp³-hybridized carbons (Fsp3) is 0.583. The van der Waals surface area contributed by atoms with Crippen LogP contribution < -0.4 is 16.2 Å². The molecule has 1 amide bonds. The van der Waals surface area contributed by atoms with Crippen molar-refractivity contribution in [2.24, 2.45) is 0 Å². The molecule has 0 radical (unpaired) electrons. The lowest BCUT2D eigenvalue weighted by Gasteiger charge is -2.15. The van der Waals surface area contributed by atoms with Crippen LogP contribution in [0.1, 0.15) is 32.4 Å². The van der Waals surface area contributed by atoms with E-state index in [1.165, 1.54) is 0 Å². The Hall–Kier alpha value is -1.63. The molecule has 0 aliphatic rings. The largest absolute Gasteiger partial charge is 0.359 e. The van der Waals surface area contributed by atoms with Crippen LogP contribution in [0.2, 0.25) is 0 Å². The zero-order valence-electron chi connectivity index (χ0n) is 11.6. The highest BCUT2D eigenvalue weighted by molar-refractivity contribution is 7.80. The molecule has 6 nitrogen and oxygen atoms in total. The number of aryl methyl sites for hydroxylation is 2. The van der Waals surface area contributed by atoms with Gasteiger partial charge in [0.15, 0.2) is 5.11 Å². The Labute approximate surface area is 118 Å². The van der Waals surface area contributed by atoms with Crippen LogP contribution in [0.3, 0.4) is 0 Å². The summed E-state index contributed by atoms with van der Waals surface area (Å²) in [5, 5.41) is 7.68. The molecule has 1 aromatic heterocycles. The molecule has 0 spiro atoms. The number of thiocarbonyl (C=S) groups is 1. The summed E-state index contributed by atoms with van der Waals surface area (Å²) in [5.74, 6) is -0.124. The number of carbonyl (C=O) groups is 1. The van der Waals surface area contributed by atoms with Crippen LogP contribution in [0.4, 0.5) is 0 Å². The third-order valence-corrected chi connectivity index (χ3v) is 2.87. The van der Waals surface area contributed by atoms with Gasteiger partial charge in [-0.25, -0.2) is 0 Å². The maximum Gasteiger partial charge on any atom is 0.240 e. The molecule has 0 aromatic carbocycles. The van der Waals surface area contributed by atoms with Crippen molar-refractivity contribution in [3.63, 3.8) is 0 Å². The van der Waals surface area contributed by atoms with Crippen LogP contribution in [-0.2, 0) is 11.3 Å². The van der Waals surface area contributed by atoms with Gasteiger partial charge in [0.25, 0.3) is 0 Å². The Balaban J connectivity index is 2.19. The lowest BCUT2D eigenvalue weighted by atomic mass is 10.3. The van der Waals surface area contributed by atoms with Gasteiger partial charge in [-0.1, -0.05) is 6.92 Å². The highest BCUT2D eigenvalue weighted by Crippen LogP contribution is 1.94. The lowest BCUT2D eigenvalue weighted by Crippen LogP contribution is -2.49. The molecule has 3 N–H and O–H groups in total. The van der Waals surface area contributed by atoms with Crippen molar-refractivity contribution >= 4 is 23.2 Å². The molecule has 0 aliphatic carbocycles. The molecule has 1 heterocycles. The Bertz CT molecular complexity index is 432. The van der Waals surface area contributed by atoms with Crippen molar-refractivity contribution in [3.05, 3.63) is 18.0 Å². The SMILES string of the molecule is CC[C@@H](C)NC(=S)NNC(=O)CCn1ccc(C)n1. The van der Waals surface area contributed by atoms with Gasteiger partial charge in [0.05, 0.1) is 5.69 Å². The standard InChI is InChI=1S/C12H21N5OS/c1-4-9(2)13-12(19)15-14-11(18)6-8-17-7-5-10(3)16-17/h5,7,9H,4,6,8H2,1-3H3,(H,14,18)(H2,13,15,19)/t9-/m1/s1. The minimum atomic E-state index is -0.124. The monoisotopic (exact) mass is 283 g/mol. The van der Waals surface area contributed by atoms with Crippen molar-refractivity contribution in [2.75, 3.05) is 0 Å². The van der Waals surface area contributed by atoms with E-state index in [2.05, 4.69) is 28.2 Å². The Morgan fingerprint density at radius 3 is 2.84 bits per heavy atom. The maximum absolute atomic E-state index is 11.6. The van der Waals surface area contributed by atoms with Gasteiger partial charge in [-0.05, 0) is 38.6 Å².